The van der Waals surface area contributed by atoms with Gasteiger partial charge >= 0.3 is 7.48 Å². The lowest BCUT2D eigenvalue weighted by atomic mass is 9.82. The summed E-state index contributed by atoms with van der Waals surface area (Å²) in [5, 5.41) is 10.7. The smallest absolute Gasteiger partial charge is 0.330 e. The molecule has 0 unspecified atom stereocenters. The van der Waals surface area contributed by atoms with Crippen LogP contribution in [0.4, 0.5) is 0 Å². The third kappa shape index (κ3) is 3.73. The summed E-state index contributed by atoms with van der Waals surface area (Å²) in [5.41, 5.74) is 0.339. The van der Waals surface area contributed by atoms with Crippen molar-refractivity contribution in [1.82, 2.24) is 0 Å². The maximum absolute atomic E-state index is 9.95. The molecule has 2 nitrogen and oxygen atoms in total. The van der Waals surface area contributed by atoms with Crippen molar-refractivity contribution in [2.45, 2.75) is 45.8 Å². The predicted molar refractivity (Wildman–Crippen MR) is 73.0 cm³/mol. The highest BCUT2D eigenvalue weighted by atomic mass is 35.5. The minimum Gasteiger partial charge on any atom is -0.427 e. The number of aliphatic hydroxyl groups is 1. The standard InChI is InChI=1S/C13H19BClO2/c1-9-6-7-10(8-11(9)15)14-17-13(4,5)12(2,3)16/h6-8,16H,1-5H3. The largest absolute Gasteiger partial charge is 0.427 e. The first kappa shape index (κ1) is 14.6. The summed E-state index contributed by atoms with van der Waals surface area (Å²) in [6.45, 7) is 9.10. The van der Waals surface area contributed by atoms with Crippen molar-refractivity contribution >= 4 is 24.5 Å². The van der Waals surface area contributed by atoms with Crippen LogP contribution >= 0.6 is 11.6 Å². The lowest BCUT2D eigenvalue weighted by Gasteiger charge is -2.37. The molecule has 1 aromatic rings. The molecule has 0 bridgehead atoms. The molecule has 1 N–H and O–H groups in total. The molecule has 0 saturated heterocycles. The highest BCUT2D eigenvalue weighted by Crippen LogP contribution is 2.24. The quantitative estimate of drug-likeness (QED) is 0.835. The van der Waals surface area contributed by atoms with Crippen LogP contribution in [0.25, 0.3) is 0 Å². The summed E-state index contributed by atoms with van der Waals surface area (Å²) in [4.78, 5) is 0. The van der Waals surface area contributed by atoms with Crippen molar-refractivity contribution in [3.63, 3.8) is 0 Å². The second-order valence-electron chi connectivity index (χ2n) is 5.31. The van der Waals surface area contributed by atoms with E-state index in [1.54, 1.807) is 21.3 Å². The average molecular weight is 254 g/mol. The molecule has 93 valence electrons. The van der Waals surface area contributed by atoms with Crippen LogP contribution in [-0.4, -0.2) is 23.8 Å². The van der Waals surface area contributed by atoms with Crippen LogP contribution in [0.3, 0.4) is 0 Å². The first-order valence-corrected chi connectivity index (χ1v) is 6.01. The second kappa shape index (κ2) is 5.01. The van der Waals surface area contributed by atoms with E-state index in [0.29, 0.717) is 5.02 Å². The molecule has 0 spiro atoms. The van der Waals surface area contributed by atoms with Crippen molar-refractivity contribution in [3.05, 3.63) is 28.8 Å². The van der Waals surface area contributed by atoms with Gasteiger partial charge in [-0.15, -0.1) is 0 Å². The van der Waals surface area contributed by atoms with E-state index >= 15 is 0 Å². The van der Waals surface area contributed by atoms with E-state index in [2.05, 4.69) is 0 Å². The van der Waals surface area contributed by atoms with Crippen LogP contribution in [0.1, 0.15) is 33.3 Å². The van der Waals surface area contributed by atoms with Crippen molar-refractivity contribution in [1.29, 1.82) is 0 Å². The highest BCUT2D eigenvalue weighted by Gasteiger charge is 2.35. The minimum atomic E-state index is -0.919. The Labute approximate surface area is 109 Å². The summed E-state index contributed by atoms with van der Waals surface area (Å²) in [6.07, 6.45) is 0. The topological polar surface area (TPSA) is 29.5 Å². The third-order valence-electron chi connectivity index (χ3n) is 3.16. The fraction of sp³-hybridized carbons (Fsp3) is 0.538. The van der Waals surface area contributed by atoms with Gasteiger partial charge < -0.3 is 9.76 Å². The molecule has 0 atom stereocenters. The van der Waals surface area contributed by atoms with Gasteiger partial charge in [-0.25, -0.2) is 0 Å². The molecule has 1 radical (unpaired) electrons. The van der Waals surface area contributed by atoms with Gasteiger partial charge in [0.1, 0.15) is 0 Å². The van der Waals surface area contributed by atoms with Gasteiger partial charge in [-0.3, -0.25) is 0 Å². The molecule has 0 aliphatic rings. The molecule has 0 saturated carbocycles. The zero-order valence-corrected chi connectivity index (χ0v) is 11.8. The molecule has 17 heavy (non-hydrogen) atoms. The first-order chi connectivity index (χ1) is 7.63. The fourth-order valence-electron chi connectivity index (χ4n) is 1.04. The van der Waals surface area contributed by atoms with Crippen molar-refractivity contribution < 1.29 is 9.76 Å². The van der Waals surface area contributed by atoms with E-state index in [-0.39, 0.29) is 0 Å². The third-order valence-corrected chi connectivity index (χ3v) is 3.57. The molecular formula is C13H19BClO2. The molecular weight excluding hydrogens is 234 g/mol. The molecule has 0 amide bonds. The van der Waals surface area contributed by atoms with E-state index < -0.39 is 11.2 Å². The van der Waals surface area contributed by atoms with Gasteiger partial charge in [-0.2, -0.15) is 0 Å². The Morgan fingerprint density at radius 1 is 1.24 bits per heavy atom. The summed E-state index contributed by atoms with van der Waals surface area (Å²) < 4.78 is 5.64. The first-order valence-electron chi connectivity index (χ1n) is 5.63. The minimum absolute atomic E-state index is 0.662. The number of benzene rings is 1. The lowest BCUT2D eigenvalue weighted by Crippen LogP contribution is -2.49. The Hall–Kier alpha value is -0.505. The van der Waals surface area contributed by atoms with Crippen LogP contribution in [-0.2, 0) is 4.65 Å². The molecule has 0 aromatic heterocycles. The Bertz CT molecular complexity index is 397. The SMILES string of the molecule is Cc1ccc([B]OC(C)(C)C(C)(C)O)cc1Cl. The average Bonchev–Trinajstić information content (AvgIpc) is 2.18. The number of hydrogen-bond acceptors (Lipinski definition) is 2. The Kier molecular flexibility index (Phi) is 4.29. The number of aryl methyl sites for hydroxylation is 1. The Morgan fingerprint density at radius 2 is 1.82 bits per heavy atom. The van der Waals surface area contributed by atoms with E-state index in [4.69, 9.17) is 16.3 Å². The number of rotatable bonds is 4. The van der Waals surface area contributed by atoms with Gasteiger partial charge in [0, 0.05) is 5.02 Å². The van der Waals surface area contributed by atoms with Gasteiger partial charge in [0.2, 0.25) is 0 Å². The Balaban J connectivity index is 2.71. The molecule has 0 heterocycles. The molecule has 0 aliphatic carbocycles. The van der Waals surface area contributed by atoms with Crippen molar-refractivity contribution in [2.75, 3.05) is 0 Å². The van der Waals surface area contributed by atoms with Crippen molar-refractivity contribution in [3.8, 4) is 0 Å². The van der Waals surface area contributed by atoms with Gasteiger partial charge in [-0.1, -0.05) is 29.2 Å². The van der Waals surface area contributed by atoms with E-state index in [1.165, 1.54) is 0 Å². The summed E-state index contributed by atoms with van der Waals surface area (Å²) in [6, 6.07) is 5.72. The lowest BCUT2D eigenvalue weighted by molar-refractivity contribution is -0.0893. The monoisotopic (exact) mass is 253 g/mol. The molecule has 1 rings (SSSR count). The van der Waals surface area contributed by atoms with Crippen LogP contribution in [0, 0.1) is 6.92 Å². The zero-order chi connectivity index (χ0) is 13.3. The van der Waals surface area contributed by atoms with Crippen LogP contribution in [0.2, 0.25) is 5.02 Å². The number of hydrogen-bond donors (Lipinski definition) is 1. The van der Waals surface area contributed by atoms with E-state index in [0.717, 1.165) is 11.0 Å². The summed E-state index contributed by atoms with van der Waals surface area (Å²) >= 11 is 6.03. The maximum Gasteiger partial charge on any atom is 0.330 e. The van der Waals surface area contributed by atoms with Crippen LogP contribution < -0.4 is 5.46 Å². The summed E-state index contributed by atoms with van der Waals surface area (Å²) in [7, 11) is 1.63. The van der Waals surface area contributed by atoms with Gasteiger partial charge in [-0.05, 0) is 46.2 Å². The van der Waals surface area contributed by atoms with E-state index in [1.807, 2.05) is 39.0 Å². The van der Waals surface area contributed by atoms with E-state index in [9.17, 15) is 5.11 Å². The van der Waals surface area contributed by atoms with Crippen LogP contribution in [0.5, 0.6) is 0 Å². The zero-order valence-electron chi connectivity index (χ0n) is 11.0. The highest BCUT2D eigenvalue weighted by molar-refractivity contribution is 6.48. The Morgan fingerprint density at radius 3 is 2.29 bits per heavy atom. The molecule has 0 aliphatic heterocycles. The molecule has 1 aromatic carbocycles. The maximum atomic E-state index is 9.95. The normalized spacial score (nSPS) is 12.6. The fourth-order valence-corrected chi connectivity index (χ4v) is 1.23. The predicted octanol–water partition coefficient (Wildman–Crippen LogP) is 2.46. The van der Waals surface area contributed by atoms with Gasteiger partial charge in [0.15, 0.2) is 0 Å². The van der Waals surface area contributed by atoms with Gasteiger partial charge in [0.05, 0.1) is 11.2 Å². The summed E-state index contributed by atoms with van der Waals surface area (Å²) in [5.74, 6) is 0. The second-order valence-corrected chi connectivity index (χ2v) is 5.72. The van der Waals surface area contributed by atoms with Crippen LogP contribution in [0.15, 0.2) is 18.2 Å². The molecule has 0 fully saturated rings. The number of halogens is 1. The molecule has 4 heteroatoms. The van der Waals surface area contributed by atoms with Gasteiger partial charge in [0.25, 0.3) is 0 Å². The van der Waals surface area contributed by atoms with Crippen molar-refractivity contribution in [2.24, 2.45) is 0 Å².